The van der Waals surface area contributed by atoms with Crippen LogP contribution in [-0.4, -0.2) is 24.9 Å². The summed E-state index contributed by atoms with van der Waals surface area (Å²) in [6.07, 6.45) is 0.485. The molecular weight excluding hydrogens is 346 g/mol. The highest BCUT2D eigenvalue weighted by Crippen LogP contribution is 2.30. The topological polar surface area (TPSA) is 47.6 Å². The Hall–Kier alpha value is -2.14. The van der Waals surface area contributed by atoms with E-state index in [-0.39, 0.29) is 11.9 Å². The van der Waals surface area contributed by atoms with Crippen molar-refractivity contribution in [1.82, 2.24) is 5.32 Å². The first-order valence-corrected chi connectivity index (χ1v) is 9.99. The minimum atomic E-state index is -0.0842. The average Bonchev–Trinajstić information content (AvgIpc) is 2.64. The normalized spacial score (nSPS) is 11.7. The Morgan fingerprint density at radius 3 is 2.42 bits per heavy atom. The molecule has 26 heavy (non-hydrogen) atoms. The second kappa shape index (κ2) is 10.8. The molecule has 0 aromatic heterocycles. The number of carbonyl (C=O) groups excluding carboxylic acids is 1. The van der Waals surface area contributed by atoms with Gasteiger partial charge >= 0.3 is 0 Å². The molecule has 0 aliphatic rings. The number of ether oxygens (including phenoxy) is 2. The van der Waals surface area contributed by atoms with Gasteiger partial charge in [-0.15, -0.1) is 11.8 Å². The smallest absolute Gasteiger partial charge is 0.221 e. The van der Waals surface area contributed by atoms with Crippen LogP contribution in [0.1, 0.15) is 38.8 Å². The molecule has 0 heterocycles. The highest BCUT2D eigenvalue weighted by atomic mass is 32.2. The number of thioether (sulfide) groups is 1. The van der Waals surface area contributed by atoms with E-state index in [1.54, 1.807) is 11.8 Å². The van der Waals surface area contributed by atoms with E-state index in [9.17, 15) is 4.79 Å². The third-order valence-electron chi connectivity index (χ3n) is 3.79. The summed E-state index contributed by atoms with van der Waals surface area (Å²) in [5, 5.41) is 3.05. The minimum Gasteiger partial charge on any atom is -0.490 e. The summed E-state index contributed by atoms with van der Waals surface area (Å²) >= 11 is 1.69. The summed E-state index contributed by atoms with van der Waals surface area (Å²) in [6, 6.07) is 15.8. The lowest BCUT2D eigenvalue weighted by atomic mass is 10.1. The molecule has 0 saturated heterocycles. The van der Waals surface area contributed by atoms with Crippen LogP contribution in [0.15, 0.2) is 53.4 Å². The fraction of sp³-hybridized carbons (Fsp3) is 0.381. The summed E-state index contributed by atoms with van der Waals surface area (Å²) in [4.78, 5) is 13.4. The molecule has 0 spiro atoms. The van der Waals surface area contributed by atoms with Crippen LogP contribution in [0, 0.1) is 0 Å². The van der Waals surface area contributed by atoms with E-state index in [0.29, 0.717) is 25.4 Å². The molecule has 2 aromatic carbocycles. The average molecular weight is 374 g/mol. The van der Waals surface area contributed by atoms with Gasteiger partial charge in [-0.3, -0.25) is 4.79 Å². The highest BCUT2D eigenvalue weighted by molar-refractivity contribution is 7.99. The van der Waals surface area contributed by atoms with Gasteiger partial charge < -0.3 is 14.8 Å². The Balaban J connectivity index is 1.88. The van der Waals surface area contributed by atoms with Crippen LogP contribution < -0.4 is 14.8 Å². The molecule has 0 saturated carbocycles. The third-order valence-corrected chi connectivity index (χ3v) is 4.80. The van der Waals surface area contributed by atoms with Crippen molar-refractivity contribution in [3.05, 3.63) is 54.1 Å². The Bertz CT molecular complexity index is 691. The molecule has 2 aromatic rings. The van der Waals surface area contributed by atoms with E-state index in [1.807, 2.05) is 57.2 Å². The Labute approximate surface area is 160 Å². The van der Waals surface area contributed by atoms with Crippen molar-refractivity contribution >= 4 is 17.7 Å². The van der Waals surface area contributed by atoms with E-state index < -0.39 is 0 Å². The largest absolute Gasteiger partial charge is 0.490 e. The zero-order valence-electron chi connectivity index (χ0n) is 15.7. The Morgan fingerprint density at radius 2 is 1.73 bits per heavy atom. The number of nitrogens with one attached hydrogen (secondary N) is 1. The summed E-state index contributed by atoms with van der Waals surface area (Å²) in [5.41, 5.74) is 1.00. The number of amides is 1. The van der Waals surface area contributed by atoms with Crippen molar-refractivity contribution < 1.29 is 14.3 Å². The fourth-order valence-corrected chi connectivity index (χ4v) is 3.39. The predicted molar refractivity (Wildman–Crippen MR) is 107 cm³/mol. The molecule has 2 rings (SSSR count). The van der Waals surface area contributed by atoms with Crippen molar-refractivity contribution in [2.45, 2.75) is 38.1 Å². The lowest BCUT2D eigenvalue weighted by Gasteiger charge is -2.17. The molecule has 0 bridgehead atoms. The van der Waals surface area contributed by atoms with Crippen LogP contribution in [0.25, 0.3) is 0 Å². The summed E-state index contributed by atoms with van der Waals surface area (Å²) in [7, 11) is 0. The second-order valence-electron chi connectivity index (χ2n) is 5.77. The summed E-state index contributed by atoms with van der Waals surface area (Å²) in [5.74, 6) is 2.26. The van der Waals surface area contributed by atoms with Gasteiger partial charge in [0, 0.05) is 17.1 Å². The van der Waals surface area contributed by atoms with Gasteiger partial charge in [0.15, 0.2) is 11.5 Å². The maximum atomic E-state index is 12.2. The van der Waals surface area contributed by atoms with Crippen LogP contribution >= 0.6 is 11.8 Å². The maximum absolute atomic E-state index is 12.2. The van der Waals surface area contributed by atoms with Gasteiger partial charge in [0.2, 0.25) is 5.91 Å². The number of hydrogen-bond donors (Lipinski definition) is 1. The maximum Gasteiger partial charge on any atom is 0.221 e. The molecule has 0 radical (unpaired) electrons. The first-order chi connectivity index (χ1) is 12.6. The Morgan fingerprint density at radius 1 is 1.04 bits per heavy atom. The molecule has 5 heteroatoms. The standard InChI is InChI=1S/C21H27NO3S/c1-4-24-19-12-11-17(15-20(19)25-5-2)16(3)22-21(23)13-14-26-18-9-7-6-8-10-18/h6-12,15-16H,4-5,13-14H2,1-3H3,(H,22,23). The molecule has 1 amide bonds. The van der Waals surface area contributed by atoms with Crippen LogP contribution in [0.5, 0.6) is 11.5 Å². The molecule has 0 aliphatic heterocycles. The van der Waals surface area contributed by atoms with Gasteiger partial charge in [-0.2, -0.15) is 0 Å². The van der Waals surface area contributed by atoms with Gasteiger partial charge in [0.25, 0.3) is 0 Å². The highest BCUT2D eigenvalue weighted by Gasteiger charge is 2.13. The van der Waals surface area contributed by atoms with Crippen molar-refractivity contribution in [3.8, 4) is 11.5 Å². The monoisotopic (exact) mass is 373 g/mol. The van der Waals surface area contributed by atoms with E-state index in [4.69, 9.17) is 9.47 Å². The van der Waals surface area contributed by atoms with E-state index in [0.717, 1.165) is 17.1 Å². The zero-order valence-corrected chi connectivity index (χ0v) is 16.5. The zero-order chi connectivity index (χ0) is 18.8. The molecule has 0 aliphatic carbocycles. The van der Waals surface area contributed by atoms with Crippen molar-refractivity contribution in [2.24, 2.45) is 0 Å². The lowest BCUT2D eigenvalue weighted by molar-refractivity contribution is -0.121. The lowest BCUT2D eigenvalue weighted by Crippen LogP contribution is -2.26. The van der Waals surface area contributed by atoms with E-state index >= 15 is 0 Å². The number of rotatable bonds is 10. The summed E-state index contributed by atoms with van der Waals surface area (Å²) in [6.45, 7) is 7.03. The quantitative estimate of drug-likeness (QED) is 0.605. The van der Waals surface area contributed by atoms with Crippen LogP contribution in [0.2, 0.25) is 0 Å². The third kappa shape index (κ3) is 6.30. The SMILES string of the molecule is CCOc1ccc(C(C)NC(=O)CCSc2ccccc2)cc1OCC. The van der Waals surface area contributed by atoms with Crippen LogP contribution in [0.3, 0.4) is 0 Å². The minimum absolute atomic E-state index is 0.0489. The number of benzene rings is 2. The molecule has 4 nitrogen and oxygen atoms in total. The van der Waals surface area contributed by atoms with Gasteiger partial charge in [-0.25, -0.2) is 0 Å². The molecule has 0 fully saturated rings. The number of carbonyl (C=O) groups is 1. The molecule has 1 atom stereocenters. The fourth-order valence-electron chi connectivity index (χ4n) is 2.51. The molecule has 140 valence electrons. The van der Waals surface area contributed by atoms with Gasteiger partial charge in [0.1, 0.15) is 0 Å². The molecular formula is C21H27NO3S. The second-order valence-corrected chi connectivity index (χ2v) is 6.94. The summed E-state index contributed by atoms with van der Waals surface area (Å²) < 4.78 is 11.2. The van der Waals surface area contributed by atoms with Gasteiger partial charge in [-0.1, -0.05) is 24.3 Å². The van der Waals surface area contributed by atoms with Crippen molar-refractivity contribution in [3.63, 3.8) is 0 Å². The number of hydrogen-bond acceptors (Lipinski definition) is 4. The van der Waals surface area contributed by atoms with Crippen LogP contribution in [-0.2, 0) is 4.79 Å². The van der Waals surface area contributed by atoms with Crippen LogP contribution in [0.4, 0.5) is 0 Å². The first-order valence-electron chi connectivity index (χ1n) is 9.00. The van der Waals surface area contributed by atoms with E-state index in [1.165, 1.54) is 4.90 Å². The van der Waals surface area contributed by atoms with Gasteiger partial charge in [-0.05, 0) is 50.6 Å². The van der Waals surface area contributed by atoms with E-state index in [2.05, 4.69) is 17.4 Å². The molecule has 1 N–H and O–H groups in total. The first kappa shape index (κ1) is 20.2. The van der Waals surface area contributed by atoms with Crippen molar-refractivity contribution in [1.29, 1.82) is 0 Å². The Kier molecular flexibility index (Phi) is 8.35. The van der Waals surface area contributed by atoms with Crippen molar-refractivity contribution in [2.75, 3.05) is 19.0 Å². The predicted octanol–water partition coefficient (Wildman–Crippen LogP) is 4.84. The van der Waals surface area contributed by atoms with Gasteiger partial charge in [0.05, 0.1) is 19.3 Å². The molecule has 1 unspecified atom stereocenters.